The zero-order valence-electron chi connectivity index (χ0n) is 8.84. The van der Waals surface area contributed by atoms with E-state index in [0.29, 0.717) is 16.5 Å². The summed E-state index contributed by atoms with van der Waals surface area (Å²) in [5, 5.41) is 9.68. The lowest BCUT2D eigenvalue weighted by Crippen LogP contribution is -2.11. The van der Waals surface area contributed by atoms with Crippen LogP contribution in [0.15, 0.2) is 28.8 Å². The van der Waals surface area contributed by atoms with Crippen molar-refractivity contribution in [2.24, 2.45) is 5.73 Å². The second-order valence-corrected chi connectivity index (χ2v) is 4.45. The Hall–Kier alpha value is -0.580. The predicted octanol–water partition coefficient (Wildman–Crippen LogP) is 3.68. The van der Waals surface area contributed by atoms with E-state index in [0.717, 1.165) is 5.57 Å². The van der Waals surface area contributed by atoms with Crippen LogP contribution in [-0.4, -0.2) is 5.11 Å². The van der Waals surface area contributed by atoms with E-state index in [-0.39, 0.29) is 18.2 Å². The first-order valence-corrected chi connectivity index (χ1v) is 5.29. The normalized spacial score (nSPS) is 11.8. The molecule has 3 N–H and O–H groups in total. The van der Waals surface area contributed by atoms with Crippen LogP contribution in [0, 0.1) is 5.82 Å². The molecule has 90 valence electrons. The van der Waals surface area contributed by atoms with Crippen molar-refractivity contribution in [2.75, 3.05) is 0 Å². The molecule has 1 aromatic rings. The van der Waals surface area contributed by atoms with Crippen LogP contribution in [0.4, 0.5) is 4.39 Å². The van der Waals surface area contributed by atoms with Crippen molar-refractivity contribution in [3.63, 3.8) is 0 Å². The van der Waals surface area contributed by atoms with Crippen LogP contribution >= 0.6 is 28.3 Å². The first-order valence-electron chi connectivity index (χ1n) is 4.49. The molecule has 0 spiro atoms. The fraction of sp³-hybridized carbons (Fsp3) is 0.273. The number of benzene rings is 1. The molecule has 0 radical (unpaired) electrons. The molecule has 1 atom stereocenters. The van der Waals surface area contributed by atoms with Gasteiger partial charge >= 0.3 is 0 Å². The summed E-state index contributed by atoms with van der Waals surface area (Å²) in [5.41, 5.74) is 7.11. The highest BCUT2D eigenvalue weighted by molar-refractivity contribution is 9.10. The largest absolute Gasteiger partial charge is 0.506 e. The minimum Gasteiger partial charge on any atom is -0.506 e. The lowest BCUT2D eigenvalue weighted by Gasteiger charge is -2.14. The van der Waals surface area contributed by atoms with E-state index in [1.54, 1.807) is 0 Å². The molecule has 0 heterocycles. The number of hydrogen-bond acceptors (Lipinski definition) is 2. The van der Waals surface area contributed by atoms with Crippen molar-refractivity contribution in [1.82, 2.24) is 0 Å². The minimum absolute atomic E-state index is 0. The van der Waals surface area contributed by atoms with Gasteiger partial charge in [-0.3, -0.25) is 0 Å². The van der Waals surface area contributed by atoms with Crippen LogP contribution in [-0.2, 0) is 0 Å². The van der Waals surface area contributed by atoms with Crippen LogP contribution < -0.4 is 5.73 Å². The second kappa shape index (κ2) is 6.23. The molecule has 0 aliphatic heterocycles. The van der Waals surface area contributed by atoms with Crippen molar-refractivity contribution in [3.8, 4) is 5.75 Å². The fourth-order valence-corrected chi connectivity index (χ4v) is 1.80. The van der Waals surface area contributed by atoms with E-state index in [4.69, 9.17) is 5.73 Å². The summed E-state index contributed by atoms with van der Waals surface area (Å²) in [4.78, 5) is 0. The third-order valence-corrected chi connectivity index (χ3v) is 2.63. The molecule has 0 aliphatic rings. The van der Waals surface area contributed by atoms with Gasteiger partial charge in [0.25, 0.3) is 0 Å². The van der Waals surface area contributed by atoms with Crippen molar-refractivity contribution in [3.05, 3.63) is 40.1 Å². The molecule has 0 fully saturated rings. The molecule has 16 heavy (non-hydrogen) atoms. The summed E-state index contributed by atoms with van der Waals surface area (Å²) in [7, 11) is 0. The van der Waals surface area contributed by atoms with Gasteiger partial charge in [0, 0.05) is 11.6 Å². The molecule has 0 amide bonds. The van der Waals surface area contributed by atoms with Gasteiger partial charge in [-0.15, -0.1) is 19.0 Å². The lowest BCUT2D eigenvalue weighted by atomic mass is 10.0. The van der Waals surface area contributed by atoms with Crippen molar-refractivity contribution >= 4 is 28.3 Å². The number of aromatic hydroxyl groups is 1. The molecule has 0 bridgehead atoms. The van der Waals surface area contributed by atoms with Gasteiger partial charge < -0.3 is 10.8 Å². The zero-order valence-corrected chi connectivity index (χ0v) is 11.2. The van der Waals surface area contributed by atoms with Gasteiger partial charge in [-0.2, -0.15) is 0 Å². The Morgan fingerprint density at radius 2 is 2.19 bits per heavy atom. The number of hydrogen-bond donors (Lipinski definition) is 2. The molecule has 0 saturated carbocycles. The molecule has 0 aromatic heterocycles. The van der Waals surface area contributed by atoms with Crippen molar-refractivity contribution < 1.29 is 9.50 Å². The highest BCUT2D eigenvalue weighted by atomic mass is 79.9. The number of nitrogens with two attached hydrogens (primary N) is 1. The minimum atomic E-state index is -0.436. The summed E-state index contributed by atoms with van der Waals surface area (Å²) < 4.78 is 13.4. The number of phenols is 1. The Morgan fingerprint density at radius 3 is 2.69 bits per heavy atom. The van der Waals surface area contributed by atoms with E-state index in [9.17, 15) is 9.50 Å². The highest BCUT2D eigenvalue weighted by Crippen LogP contribution is 2.33. The molecule has 1 rings (SSSR count). The summed E-state index contributed by atoms with van der Waals surface area (Å²) in [6, 6.07) is 2.01. The molecular formula is C11H14BrClFNO. The molecule has 5 heteroatoms. The molecule has 0 aliphatic carbocycles. The third-order valence-electron chi connectivity index (χ3n) is 2.03. The second-order valence-electron chi connectivity index (χ2n) is 3.59. The first kappa shape index (κ1) is 15.4. The van der Waals surface area contributed by atoms with Gasteiger partial charge in [-0.25, -0.2) is 4.39 Å². The molecule has 0 saturated heterocycles. The topological polar surface area (TPSA) is 46.2 Å². The fourth-order valence-electron chi connectivity index (χ4n) is 1.35. The SMILES string of the molecule is C=C(C)C[C@H](N)c1cc(F)cc(Br)c1O.Cl. The van der Waals surface area contributed by atoms with Crippen LogP contribution in [0.3, 0.4) is 0 Å². The first-order chi connectivity index (χ1) is 6.91. The average molecular weight is 311 g/mol. The monoisotopic (exact) mass is 309 g/mol. The molecule has 0 unspecified atom stereocenters. The van der Waals surface area contributed by atoms with E-state index in [1.165, 1.54) is 12.1 Å². The Balaban J connectivity index is 0.00000225. The van der Waals surface area contributed by atoms with Gasteiger partial charge in [0.15, 0.2) is 0 Å². The Morgan fingerprint density at radius 1 is 1.62 bits per heavy atom. The van der Waals surface area contributed by atoms with Crippen molar-refractivity contribution in [1.29, 1.82) is 0 Å². The van der Waals surface area contributed by atoms with Gasteiger partial charge in [0.1, 0.15) is 11.6 Å². The van der Waals surface area contributed by atoms with E-state index in [1.807, 2.05) is 6.92 Å². The number of phenolic OH excluding ortho intramolecular Hbond substituents is 1. The predicted molar refractivity (Wildman–Crippen MR) is 69.4 cm³/mol. The quantitative estimate of drug-likeness (QED) is 0.837. The summed E-state index contributed by atoms with van der Waals surface area (Å²) in [6.45, 7) is 5.57. The smallest absolute Gasteiger partial charge is 0.134 e. The van der Waals surface area contributed by atoms with E-state index >= 15 is 0 Å². The number of halogens is 3. The van der Waals surface area contributed by atoms with Gasteiger partial charge in [0.2, 0.25) is 0 Å². The summed E-state index contributed by atoms with van der Waals surface area (Å²) in [6.07, 6.45) is 0.517. The summed E-state index contributed by atoms with van der Waals surface area (Å²) in [5.74, 6) is -0.433. The zero-order chi connectivity index (χ0) is 11.6. The Bertz CT molecular complexity index is 398. The summed E-state index contributed by atoms with van der Waals surface area (Å²) >= 11 is 3.06. The van der Waals surface area contributed by atoms with Gasteiger partial charge in [-0.05, 0) is 41.4 Å². The van der Waals surface area contributed by atoms with Crippen LogP contribution in [0.5, 0.6) is 5.75 Å². The average Bonchev–Trinajstić information content (AvgIpc) is 2.09. The number of rotatable bonds is 3. The van der Waals surface area contributed by atoms with E-state index < -0.39 is 11.9 Å². The van der Waals surface area contributed by atoms with E-state index in [2.05, 4.69) is 22.5 Å². The Labute approximate surface area is 109 Å². The van der Waals surface area contributed by atoms with Crippen LogP contribution in [0.25, 0.3) is 0 Å². The molecule has 2 nitrogen and oxygen atoms in total. The standard InChI is InChI=1S/C11H13BrFNO.ClH/c1-6(2)3-10(14)8-4-7(13)5-9(12)11(8)15;/h4-5,10,15H,1,3,14H2,2H3;1H/t10-;/m0./s1. The van der Waals surface area contributed by atoms with Crippen LogP contribution in [0.1, 0.15) is 24.9 Å². The maximum atomic E-state index is 13.1. The van der Waals surface area contributed by atoms with Crippen LogP contribution in [0.2, 0.25) is 0 Å². The molecular weight excluding hydrogens is 296 g/mol. The van der Waals surface area contributed by atoms with Gasteiger partial charge in [-0.1, -0.05) is 5.57 Å². The lowest BCUT2D eigenvalue weighted by molar-refractivity contribution is 0.454. The Kier molecular flexibility index (Phi) is 6.00. The highest BCUT2D eigenvalue weighted by Gasteiger charge is 2.15. The van der Waals surface area contributed by atoms with Crippen molar-refractivity contribution in [2.45, 2.75) is 19.4 Å². The molecule has 1 aromatic carbocycles. The maximum absolute atomic E-state index is 13.1. The third kappa shape index (κ3) is 3.77. The maximum Gasteiger partial charge on any atom is 0.134 e. The van der Waals surface area contributed by atoms with Gasteiger partial charge in [0.05, 0.1) is 4.47 Å².